The van der Waals surface area contributed by atoms with Gasteiger partial charge in [-0.1, -0.05) is 0 Å². The van der Waals surface area contributed by atoms with E-state index in [9.17, 15) is 4.79 Å². The van der Waals surface area contributed by atoms with Crippen molar-refractivity contribution < 1.29 is 9.90 Å². The van der Waals surface area contributed by atoms with E-state index in [0.717, 1.165) is 16.6 Å². The molecule has 1 amide bonds. The van der Waals surface area contributed by atoms with Crippen LogP contribution in [0.3, 0.4) is 0 Å². The Hall–Kier alpha value is -2.90. The molecule has 132 valence electrons. The minimum Gasteiger partial charge on any atom is -0.388 e. The van der Waals surface area contributed by atoms with Crippen molar-refractivity contribution in [3.63, 3.8) is 0 Å². The van der Waals surface area contributed by atoms with Crippen LogP contribution in [0, 0.1) is 0 Å². The number of imidazole rings is 1. The molecule has 0 saturated heterocycles. The molecule has 7 heteroatoms. The van der Waals surface area contributed by atoms with Crippen molar-refractivity contribution in [2.75, 3.05) is 5.32 Å². The Labute approximate surface area is 154 Å². The smallest absolute Gasteiger partial charge is 0.226 e. The van der Waals surface area contributed by atoms with Gasteiger partial charge in [-0.05, 0) is 52.7 Å². The van der Waals surface area contributed by atoms with Crippen molar-refractivity contribution in [2.24, 2.45) is 0 Å². The summed E-state index contributed by atoms with van der Waals surface area (Å²) in [5.41, 5.74) is 3.37. The predicted molar refractivity (Wildman–Crippen MR) is 102 cm³/mol. The molecule has 3 aromatic heterocycles. The molecule has 0 aliphatic rings. The highest BCUT2D eigenvalue weighted by Crippen LogP contribution is 2.25. The number of nitrogens with one attached hydrogen (secondary N) is 2. The number of amides is 1. The highest BCUT2D eigenvalue weighted by molar-refractivity contribution is 7.08. The van der Waals surface area contributed by atoms with Crippen molar-refractivity contribution in [1.82, 2.24) is 14.5 Å². The summed E-state index contributed by atoms with van der Waals surface area (Å²) in [4.78, 5) is 19.9. The minimum atomic E-state index is -0.143. The number of carbonyl (C=O) groups is 1. The molecule has 0 bridgehead atoms. The maximum Gasteiger partial charge on any atom is 0.226 e. The average molecular weight is 366 g/mol. The zero-order valence-electron chi connectivity index (χ0n) is 13.9. The molecule has 0 aliphatic heterocycles. The largest absolute Gasteiger partial charge is 0.388 e. The van der Waals surface area contributed by atoms with Gasteiger partial charge in [-0.15, -0.1) is 0 Å². The molecule has 4 aromatic rings. The molecule has 6 nitrogen and oxygen atoms in total. The van der Waals surface area contributed by atoms with Crippen LogP contribution in [0.5, 0.6) is 0 Å². The van der Waals surface area contributed by atoms with Gasteiger partial charge >= 0.3 is 0 Å². The van der Waals surface area contributed by atoms with Gasteiger partial charge in [0, 0.05) is 18.1 Å². The summed E-state index contributed by atoms with van der Waals surface area (Å²) in [6.07, 6.45) is 4.29. The van der Waals surface area contributed by atoms with E-state index >= 15 is 0 Å². The molecule has 3 heterocycles. The molecule has 0 aliphatic carbocycles. The highest BCUT2D eigenvalue weighted by Gasteiger charge is 2.18. The Kier molecular flexibility index (Phi) is 4.55. The number of benzene rings is 1. The first kappa shape index (κ1) is 16.6. The number of thiophene rings is 1. The number of anilines is 1. The number of hydrogen-bond acceptors (Lipinski definition) is 4. The van der Waals surface area contributed by atoms with E-state index in [1.807, 2.05) is 52.7 Å². The Morgan fingerprint density at radius 3 is 2.88 bits per heavy atom. The van der Waals surface area contributed by atoms with Crippen molar-refractivity contribution in [1.29, 1.82) is 0 Å². The lowest BCUT2D eigenvalue weighted by Gasteiger charge is -2.18. The van der Waals surface area contributed by atoms with Gasteiger partial charge in [0.2, 0.25) is 5.91 Å². The van der Waals surface area contributed by atoms with Crippen LogP contribution in [0.2, 0.25) is 0 Å². The third-order valence-corrected chi connectivity index (χ3v) is 4.96. The van der Waals surface area contributed by atoms with Crippen LogP contribution < -0.4 is 5.32 Å². The lowest BCUT2D eigenvalue weighted by molar-refractivity contribution is -0.116. The molecule has 0 fully saturated rings. The van der Waals surface area contributed by atoms with Crippen LogP contribution in [0.15, 0.2) is 59.6 Å². The summed E-state index contributed by atoms with van der Waals surface area (Å²) in [6.45, 7) is -0.143. The number of hydrogen-bond donors (Lipinski definition) is 3. The number of aromatic nitrogens is 3. The molecule has 26 heavy (non-hydrogen) atoms. The first-order chi connectivity index (χ1) is 12.7. The van der Waals surface area contributed by atoms with E-state index in [1.165, 1.54) is 0 Å². The number of aliphatic hydroxyl groups is 1. The maximum atomic E-state index is 12.6. The monoisotopic (exact) mass is 366 g/mol. The summed E-state index contributed by atoms with van der Waals surface area (Å²) >= 11 is 1.63. The van der Waals surface area contributed by atoms with E-state index in [1.54, 1.807) is 11.3 Å². The fourth-order valence-electron chi connectivity index (χ4n) is 3.02. The second-order valence-electron chi connectivity index (χ2n) is 6.03. The van der Waals surface area contributed by atoms with Gasteiger partial charge in [-0.2, -0.15) is 11.3 Å². The molecular formula is C19H18N4O2S. The predicted octanol–water partition coefficient (Wildman–Crippen LogP) is 3.54. The zero-order valence-corrected chi connectivity index (χ0v) is 14.7. The number of carbonyl (C=O) groups excluding carboxylic acids is 1. The van der Waals surface area contributed by atoms with Gasteiger partial charge in [-0.25, -0.2) is 4.98 Å². The van der Waals surface area contributed by atoms with Crippen LogP contribution in [-0.2, 0) is 11.4 Å². The van der Waals surface area contributed by atoms with E-state index in [-0.39, 0.29) is 18.6 Å². The van der Waals surface area contributed by atoms with Gasteiger partial charge in [0.1, 0.15) is 12.4 Å². The topological polar surface area (TPSA) is 82.9 Å². The van der Waals surface area contributed by atoms with Crippen LogP contribution in [0.25, 0.3) is 11.0 Å². The lowest BCUT2D eigenvalue weighted by Crippen LogP contribution is -2.19. The van der Waals surface area contributed by atoms with E-state index in [4.69, 9.17) is 5.11 Å². The van der Waals surface area contributed by atoms with E-state index in [2.05, 4.69) is 26.7 Å². The normalized spacial score (nSPS) is 12.3. The minimum absolute atomic E-state index is 0.0341. The Morgan fingerprint density at radius 2 is 2.15 bits per heavy atom. The summed E-state index contributed by atoms with van der Waals surface area (Å²) < 4.78 is 2.05. The van der Waals surface area contributed by atoms with Crippen molar-refractivity contribution in [3.8, 4) is 0 Å². The van der Waals surface area contributed by atoms with Gasteiger partial charge in [-0.3, -0.25) is 4.79 Å². The molecule has 0 radical (unpaired) electrons. The van der Waals surface area contributed by atoms with Gasteiger partial charge in [0.15, 0.2) is 0 Å². The fraction of sp³-hybridized carbons (Fsp3) is 0.158. The number of nitrogens with zero attached hydrogens (tertiary/aromatic N) is 2. The van der Waals surface area contributed by atoms with E-state index in [0.29, 0.717) is 17.9 Å². The Morgan fingerprint density at radius 1 is 1.31 bits per heavy atom. The summed E-state index contributed by atoms with van der Waals surface area (Å²) in [7, 11) is 0. The van der Waals surface area contributed by atoms with Crippen molar-refractivity contribution >= 4 is 34.0 Å². The standard InChI is InChI=1S/C19H18N4O2S/c24-11-18-21-15-4-3-14(9-16(15)22-18)20-19(25)10-17(13-5-8-26-12-13)23-6-1-2-7-23/h1-9,12,17,24H,10-11H2,(H,20,25)(H,21,22). The first-order valence-corrected chi connectivity index (χ1v) is 9.21. The van der Waals surface area contributed by atoms with Crippen molar-refractivity contribution in [2.45, 2.75) is 19.1 Å². The molecule has 1 atom stereocenters. The van der Waals surface area contributed by atoms with Crippen LogP contribution in [0.1, 0.15) is 23.9 Å². The van der Waals surface area contributed by atoms with Crippen LogP contribution >= 0.6 is 11.3 Å². The van der Waals surface area contributed by atoms with Gasteiger partial charge < -0.3 is 20.0 Å². The summed E-state index contributed by atoms with van der Waals surface area (Å²) in [6, 6.07) is 11.4. The van der Waals surface area contributed by atoms with Crippen molar-refractivity contribution in [3.05, 3.63) is 70.9 Å². The van der Waals surface area contributed by atoms with Crippen LogP contribution in [0.4, 0.5) is 5.69 Å². The molecule has 1 aromatic carbocycles. The zero-order chi connectivity index (χ0) is 17.9. The number of fused-ring (bicyclic) bond motifs is 1. The number of aliphatic hydroxyl groups excluding tert-OH is 1. The fourth-order valence-corrected chi connectivity index (χ4v) is 3.73. The third kappa shape index (κ3) is 3.40. The molecular weight excluding hydrogens is 348 g/mol. The third-order valence-electron chi connectivity index (χ3n) is 4.26. The number of rotatable bonds is 6. The quantitative estimate of drug-likeness (QED) is 0.488. The molecule has 3 N–H and O–H groups in total. The second kappa shape index (κ2) is 7.15. The lowest BCUT2D eigenvalue weighted by atomic mass is 10.1. The second-order valence-corrected chi connectivity index (χ2v) is 6.81. The molecule has 0 spiro atoms. The average Bonchev–Trinajstić information content (AvgIpc) is 3.40. The van der Waals surface area contributed by atoms with Gasteiger partial charge in [0.05, 0.1) is 23.5 Å². The SMILES string of the molecule is O=C(CC(c1ccsc1)n1cccc1)Nc1ccc2nc(CO)[nH]c2c1. The Bertz CT molecular complexity index is 971. The highest BCUT2D eigenvalue weighted by atomic mass is 32.1. The van der Waals surface area contributed by atoms with Gasteiger partial charge in [0.25, 0.3) is 0 Å². The molecule has 1 unspecified atom stereocenters. The molecule has 0 saturated carbocycles. The number of H-pyrrole nitrogens is 1. The molecule has 4 rings (SSSR count). The maximum absolute atomic E-state index is 12.6. The Balaban J connectivity index is 1.52. The summed E-state index contributed by atoms with van der Waals surface area (Å²) in [5.74, 6) is 0.449. The summed E-state index contributed by atoms with van der Waals surface area (Å²) in [5, 5.41) is 16.2. The van der Waals surface area contributed by atoms with Crippen LogP contribution in [-0.4, -0.2) is 25.5 Å². The number of aromatic amines is 1. The van der Waals surface area contributed by atoms with E-state index < -0.39 is 0 Å². The first-order valence-electron chi connectivity index (χ1n) is 8.27.